The normalized spacial score (nSPS) is 16.4. The van der Waals surface area contributed by atoms with Gasteiger partial charge in [0.1, 0.15) is 12.3 Å². The van der Waals surface area contributed by atoms with Crippen molar-refractivity contribution >= 4 is 29.1 Å². The van der Waals surface area contributed by atoms with Gasteiger partial charge in [-0.3, -0.25) is 9.59 Å². The molecule has 0 bridgehead atoms. The summed E-state index contributed by atoms with van der Waals surface area (Å²) < 4.78 is 11.1. The van der Waals surface area contributed by atoms with Gasteiger partial charge < -0.3 is 24.6 Å². The zero-order valence-electron chi connectivity index (χ0n) is 19.8. The molecule has 0 radical (unpaired) electrons. The second-order valence-corrected chi connectivity index (χ2v) is 8.70. The highest BCUT2D eigenvalue weighted by atomic mass is 16.5. The highest BCUT2D eigenvalue weighted by molar-refractivity contribution is 5.98. The van der Waals surface area contributed by atoms with Crippen LogP contribution in [-0.2, 0) is 16.1 Å². The van der Waals surface area contributed by atoms with Crippen LogP contribution >= 0.6 is 0 Å². The Kier molecular flexibility index (Phi) is 6.04. The van der Waals surface area contributed by atoms with Crippen LogP contribution in [0.4, 0.5) is 17.3 Å². The van der Waals surface area contributed by atoms with E-state index >= 15 is 0 Å². The Hall–Kier alpha value is -4.05. The van der Waals surface area contributed by atoms with E-state index in [1.807, 2.05) is 18.2 Å². The summed E-state index contributed by atoms with van der Waals surface area (Å²) in [6.07, 6.45) is 4.65. The Morgan fingerprint density at radius 2 is 2.03 bits per heavy atom. The Balaban J connectivity index is 1.41. The highest BCUT2D eigenvalue weighted by Gasteiger charge is 2.38. The van der Waals surface area contributed by atoms with Crippen molar-refractivity contribution in [2.45, 2.75) is 25.5 Å². The minimum atomic E-state index is -0.0597. The van der Waals surface area contributed by atoms with Crippen LogP contribution in [0.25, 0.3) is 11.1 Å². The monoisotopic (exact) mass is 474 g/mol. The summed E-state index contributed by atoms with van der Waals surface area (Å²) in [5.41, 5.74) is 4.30. The second kappa shape index (κ2) is 9.30. The van der Waals surface area contributed by atoms with Crippen molar-refractivity contribution < 1.29 is 19.1 Å². The summed E-state index contributed by atoms with van der Waals surface area (Å²) in [4.78, 5) is 41.4. The standard InChI is InChI=1S/C25H26N6O4/c1-30(2)24(33)16-6-4-15(5-7-16)19-12-27-25(29-20(19)14-34-3)28-17-10-21-23(26-11-17)35-13-18-8-9-22(32)31(18)21/h4-7,10-12,18H,8-9,13-14H2,1-3H3,(H,27,28,29)/t18-/m0/s1. The first-order valence-electron chi connectivity index (χ1n) is 11.3. The lowest BCUT2D eigenvalue weighted by Gasteiger charge is -2.31. The maximum atomic E-state index is 12.4. The molecule has 0 spiro atoms. The van der Waals surface area contributed by atoms with Gasteiger partial charge in [0.05, 0.1) is 30.2 Å². The number of pyridine rings is 1. The van der Waals surface area contributed by atoms with Crippen LogP contribution in [0.5, 0.6) is 5.88 Å². The summed E-state index contributed by atoms with van der Waals surface area (Å²) >= 11 is 0. The number of carbonyl (C=O) groups excluding carboxylic acids is 2. The first-order valence-corrected chi connectivity index (χ1v) is 11.3. The molecule has 1 N–H and O–H groups in total. The number of amides is 2. The molecule has 1 atom stereocenters. The van der Waals surface area contributed by atoms with Gasteiger partial charge in [-0.2, -0.15) is 0 Å². The molecule has 180 valence electrons. The Morgan fingerprint density at radius 3 is 2.77 bits per heavy atom. The maximum absolute atomic E-state index is 12.4. The molecule has 0 aliphatic carbocycles. The number of methoxy groups -OCH3 is 1. The number of ether oxygens (including phenoxy) is 2. The predicted octanol–water partition coefficient (Wildman–Crippen LogP) is 3.02. The first kappa shape index (κ1) is 22.7. The minimum Gasteiger partial charge on any atom is -0.474 e. The fraction of sp³-hybridized carbons (Fsp3) is 0.320. The van der Waals surface area contributed by atoms with Crippen molar-refractivity contribution in [3.05, 3.63) is 54.0 Å². The molecule has 35 heavy (non-hydrogen) atoms. The number of carbonyl (C=O) groups is 2. The van der Waals surface area contributed by atoms with Crippen LogP contribution in [0, 0.1) is 0 Å². The lowest BCUT2D eigenvalue weighted by Crippen LogP contribution is -2.40. The molecule has 3 aromatic rings. The number of fused-ring (bicyclic) bond motifs is 3. The third-order valence-corrected chi connectivity index (χ3v) is 6.08. The zero-order chi connectivity index (χ0) is 24.5. The van der Waals surface area contributed by atoms with E-state index < -0.39 is 0 Å². The Bertz CT molecular complexity index is 1280. The molecule has 2 amide bonds. The fourth-order valence-electron chi connectivity index (χ4n) is 4.34. The lowest BCUT2D eigenvalue weighted by atomic mass is 10.0. The maximum Gasteiger partial charge on any atom is 0.253 e. The quantitative estimate of drug-likeness (QED) is 0.581. The molecular weight excluding hydrogens is 448 g/mol. The van der Waals surface area contributed by atoms with E-state index in [4.69, 9.17) is 9.47 Å². The number of benzene rings is 1. The predicted molar refractivity (Wildman–Crippen MR) is 130 cm³/mol. The number of rotatable bonds is 6. The van der Waals surface area contributed by atoms with Gasteiger partial charge >= 0.3 is 0 Å². The molecule has 1 aromatic carbocycles. The molecule has 0 unspecified atom stereocenters. The fourth-order valence-corrected chi connectivity index (χ4v) is 4.34. The van der Waals surface area contributed by atoms with Gasteiger partial charge in [0.15, 0.2) is 0 Å². The van der Waals surface area contributed by atoms with E-state index in [9.17, 15) is 9.59 Å². The Labute approximate surface area is 202 Å². The highest BCUT2D eigenvalue weighted by Crippen LogP contribution is 2.39. The Morgan fingerprint density at radius 1 is 1.23 bits per heavy atom. The molecule has 1 saturated heterocycles. The van der Waals surface area contributed by atoms with Gasteiger partial charge in [-0.25, -0.2) is 15.0 Å². The minimum absolute atomic E-state index is 0.0512. The van der Waals surface area contributed by atoms with Crippen molar-refractivity contribution in [1.82, 2.24) is 19.9 Å². The summed E-state index contributed by atoms with van der Waals surface area (Å²) in [6.45, 7) is 0.749. The van der Waals surface area contributed by atoms with Gasteiger partial charge in [-0.05, 0) is 30.2 Å². The number of nitrogens with one attached hydrogen (secondary N) is 1. The van der Waals surface area contributed by atoms with Crippen molar-refractivity contribution in [1.29, 1.82) is 0 Å². The smallest absolute Gasteiger partial charge is 0.253 e. The van der Waals surface area contributed by atoms with Crippen LogP contribution < -0.4 is 15.0 Å². The van der Waals surface area contributed by atoms with E-state index in [2.05, 4.69) is 20.3 Å². The second-order valence-electron chi connectivity index (χ2n) is 8.70. The zero-order valence-corrected chi connectivity index (χ0v) is 19.8. The average molecular weight is 475 g/mol. The molecule has 0 saturated carbocycles. The molecule has 4 heterocycles. The molecule has 10 nitrogen and oxygen atoms in total. The van der Waals surface area contributed by atoms with Gasteiger partial charge in [-0.15, -0.1) is 0 Å². The number of anilines is 3. The van der Waals surface area contributed by atoms with E-state index in [0.29, 0.717) is 47.5 Å². The van der Waals surface area contributed by atoms with E-state index in [-0.39, 0.29) is 24.5 Å². The van der Waals surface area contributed by atoms with Crippen LogP contribution in [0.3, 0.4) is 0 Å². The summed E-state index contributed by atoms with van der Waals surface area (Å²) in [5.74, 6) is 0.854. The molecule has 2 aliphatic heterocycles. The van der Waals surface area contributed by atoms with E-state index in [1.54, 1.807) is 50.6 Å². The molecule has 5 rings (SSSR count). The summed E-state index contributed by atoms with van der Waals surface area (Å²) in [5, 5.41) is 3.18. The number of hydrogen-bond donors (Lipinski definition) is 1. The van der Waals surface area contributed by atoms with E-state index in [1.165, 1.54) is 4.90 Å². The number of aromatic nitrogens is 3. The molecule has 2 aromatic heterocycles. The van der Waals surface area contributed by atoms with Gasteiger partial charge in [0, 0.05) is 44.9 Å². The SMILES string of the molecule is COCc1nc(Nc2cnc3c(c2)N2C(=O)CC[C@H]2CO3)ncc1-c1ccc(C(=O)N(C)C)cc1. The van der Waals surface area contributed by atoms with Crippen LogP contribution in [-0.4, -0.2) is 65.5 Å². The van der Waals surface area contributed by atoms with Crippen LogP contribution in [0.1, 0.15) is 28.9 Å². The summed E-state index contributed by atoms with van der Waals surface area (Å²) in [6, 6.07) is 9.21. The first-order chi connectivity index (χ1) is 16.9. The molecule has 1 fully saturated rings. The molecular formula is C25H26N6O4. The number of nitrogens with zero attached hydrogens (tertiary/aromatic N) is 5. The average Bonchev–Trinajstić information content (AvgIpc) is 3.25. The van der Waals surface area contributed by atoms with E-state index in [0.717, 1.165) is 17.5 Å². The van der Waals surface area contributed by atoms with Gasteiger partial charge in [0.2, 0.25) is 17.7 Å². The van der Waals surface area contributed by atoms with Gasteiger partial charge in [-0.1, -0.05) is 12.1 Å². The van der Waals surface area contributed by atoms with Crippen molar-refractivity contribution in [2.75, 3.05) is 38.0 Å². The third kappa shape index (κ3) is 4.40. The van der Waals surface area contributed by atoms with Gasteiger partial charge in [0.25, 0.3) is 5.91 Å². The van der Waals surface area contributed by atoms with Crippen molar-refractivity contribution in [3.8, 4) is 17.0 Å². The topological polar surface area (TPSA) is 110 Å². The molecule has 10 heteroatoms. The largest absolute Gasteiger partial charge is 0.474 e. The third-order valence-electron chi connectivity index (χ3n) is 6.08. The molecule has 2 aliphatic rings. The number of hydrogen-bond acceptors (Lipinski definition) is 8. The summed E-state index contributed by atoms with van der Waals surface area (Å²) in [7, 11) is 5.05. The van der Waals surface area contributed by atoms with Crippen molar-refractivity contribution in [3.63, 3.8) is 0 Å². The lowest BCUT2D eigenvalue weighted by molar-refractivity contribution is -0.117. The van der Waals surface area contributed by atoms with Crippen LogP contribution in [0.15, 0.2) is 42.7 Å². The van der Waals surface area contributed by atoms with Crippen molar-refractivity contribution in [2.24, 2.45) is 0 Å². The van der Waals surface area contributed by atoms with Crippen LogP contribution in [0.2, 0.25) is 0 Å².